The molecular weight excluding hydrogens is 360 g/mol. The zero-order valence-electron chi connectivity index (χ0n) is 15.9. The maximum atomic E-state index is 13.5. The van der Waals surface area contributed by atoms with E-state index in [2.05, 4.69) is 4.98 Å². The topological polar surface area (TPSA) is 64.1 Å². The molecule has 2 fully saturated rings. The Morgan fingerprint density at radius 1 is 1.19 bits per heavy atom. The van der Waals surface area contributed by atoms with Crippen LogP contribution in [0.5, 0.6) is 0 Å². The average Bonchev–Trinajstić information content (AvgIpc) is 3.09. The number of hydrogen-bond acceptors (Lipinski definition) is 5. The van der Waals surface area contributed by atoms with Crippen LogP contribution in [-0.2, 0) is 27.0 Å². The SMILES string of the molecule is CCC[N+]1(C(=O)C(=O)C2CCCCC2)CCC(c2cccnc2)C1C(=O)[S-]. The van der Waals surface area contributed by atoms with Crippen molar-refractivity contribution in [1.82, 2.24) is 4.98 Å². The molecule has 1 aromatic rings. The van der Waals surface area contributed by atoms with E-state index in [9.17, 15) is 14.4 Å². The summed E-state index contributed by atoms with van der Waals surface area (Å²) in [7, 11) is 0. The number of likely N-dealkylation sites (tertiary alicyclic amines) is 1. The molecule has 0 radical (unpaired) electrons. The fourth-order valence-corrected chi connectivity index (χ4v) is 5.43. The Hall–Kier alpha value is -1.66. The van der Waals surface area contributed by atoms with Gasteiger partial charge in [-0.25, -0.2) is 9.28 Å². The standard InChI is InChI=1S/C21H28N2O3S/c1-2-12-23(20(25)19(24)15-7-4-3-5-8-15)13-10-17(18(23)21(26)27)16-9-6-11-22-14-16/h6,9,11,14-15,17-18H,2-5,7-8,10,12-13H2,1H3. The van der Waals surface area contributed by atoms with E-state index in [4.69, 9.17) is 12.6 Å². The summed E-state index contributed by atoms with van der Waals surface area (Å²) in [5.41, 5.74) is 0.926. The Morgan fingerprint density at radius 3 is 2.52 bits per heavy atom. The molecule has 2 aliphatic rings. The number of quaternary nitrogens is 1. The summed E-state index contributed by atoms with van der Waals surface area (Å²) in [4.78, 5) is 43.2. The second kappa shape index (κ2) is 8.57. The number of pyridine rings is 1. The molecule has 2 heterocycles. The van der Waals surface area contributed by atoms with Crippen LogP contribution in [0.2, 0.25) is 0 Å². The van der Waals surface area contributed by atoms with Gasteiger partial charge in [0.05, 0.1) is 18.2 Å². The minimum absolute atomic E-state index is 0.0896. The van der Waals surface area contributed by atoms with Crippen molar-refractivity contribution in [3.63, 3.8) is 0 Å². The van der Waals surface area contributed by atoms with Crippen molar-refractivity contribution in [3.05, 3.63) is 30.1 Å². The smallest absolute Gasteiger partial charge is 0.382 e. The van der Waals surface area contributed by atoms with E-state index in [0.717, 1.165) is 44.1 Å². The minimum Gasteiger partial charge on any atom is -0.736 e. The molecule has 27 heavy (non-hydrogen) atoms. The molecule has 0 spiro atoms. The van der Waals surface area contributed by atoms with Gasteiger partial charge in [0.25, 0.3) is 5.78 Å². The van der Waals surface area contributed by atoms with Crippen LogP contribution >= 0.6 is 0 Å². The van der Waals surface area contributed by atoms with Crippen LogP contribution in [0.1, 0.15) is 63.4 Å². The quantitative estimate of drug-likeness (QED) is 0.426. The van der Waals surface area contributed by atoms with Gasteiger partial charge in [0.1, 0.15) is 6.04 Å². The minimum atomic E-state index is -0.663. The van der Waals surface area contributed by atoms with Crippen molar-refractivity contribution < 1.29 is 18.9 Å². The van der Waals surface area contributed by atoms with Crippen LogP contribution in [0.3, 0.4) is 0 Å². The number of rotatable bonds is 6. The molecule has 1 aliphatic carbocycles. The zero-order valence-corrected chi connectivity index (χ0v) is 16.7. The van der Waals surface area contributed by atoms with Crippen LogP contribution in [0, 0.1) is 5.92 Å². The van der Waals surface area contributed by atoms with Crippen molar-refractivity contribution in [2.45, 2.75) is 63.8 Å². The Kier molecular flexibility index (Phi) is 6.37. The molecule has 3 unspecified atom stereocenters. The van der Waals surface area contributed by atoms with Gasteiger partial charge in [-0.05, 0) is 30.9 Å². The molecule has 3 atom stereocenters. The molecule has 1 amide bonds. The molecular formula is C21H28N2O3S. The first-order chi connectivity index (χ1) is 13.0. The lowest BCUT2D eigenvalue weighted by Gasteiger charge is -2.39. The number of amides is 1. The van der Waals surface area contributed by atoms with E-state index in [1.54, 1.807) is 12.4 Å². The number of carbonyl (C=O) groups excluding carboxylic acids is 3. The van der Waals surface area contributed by atoms with Crippen LogP contribution in [0.4, 0.5) is 0 Å². The van der Waals surface area contributed by atoms with E-state index >= 15 is 0 Å². The fourth-order valence-electron chi connectivity index (χ4n) is 5.06. The average molecular weight is 389 g/mol. The summed E-state index contributed by atoms with van der Waals surface area (Å²) < 4.78 is -0.0896. The Labute approximate surface area is 166 Å². The molecule has 5 nitrogen and oxygen atoms in total. The first-order valence-electron chi connectivity index (χ1n) is 10.1. The third kappa shape index (κ3) is 3.83. The molecule has 0 aromatic carbocycles. The Bertz CT molecular complexity index is 703. The highest BCUT2D eigenvalue weighted by molar-refractivity contribution is 7.77. The first kappa shape index (κ1) is 20.1. The van der Waals surface area contributed by atoms with E-state index < -0.39 is 17.1 Å². The van der Waals surface area contributed by atoms with Gasteiger partial charge in [0.15, 0.2) is 0 Å². The zero-order chi connectivity index (χ0) is 19.4. The van der Waals surface area contributed by atoms with Crippen LogP contribution < -0.4 is 0 Å². The largest absolute Gasteiger partial charge is 0.736 e. The van der Waals surface area contributed by atoms with Gasteiger partial charge in [-0.15, -0.1) is 0 Å². The number of hydrogen-bond donors (Lipinski definition) is 0. The maximum Gasteiger partial charge on any atom is 0.382 e. The van der Waals surface area contributed by atoms with Gasteiger partial charge in [-0.1, -0.05) is 32.3 Å². The Balaban J connectivity index is 1.95. The molecule has 1 saturated heterocycles. The predicted molar refractivity (Wildman–Crippen MR) is 105 cm³/mol. The maximum absolute atomic E-state index is 13.5. The van der Waals surface area contributed by atoms with Gasteiger partial charge >= 0.3 is 5.91 Å². The van der Waals surface area contributed by atoms with Crippen molar-refractivity contribution in [3.8, 4) is 0 Å². The third-order valence-corrected chi connectivity index (χ3v) is 6.56. The summed E-state index contributed by atoms with van der Waals surface area (Å²) in [6.45, 7) is 2.97. The number of nitrogens with zero attached hydrogens (tertiary/aromatic N) is 2. The molecule has 3 rings (SSSR count). The second-order valence-corrected chi connectivity index (χ2v) is 8.33. The monoisotopic (exact) mass is 388 g/mol. The van der Waals surface area contributed by atoms with Gasteiger partial charge in [0.2, 0.25) is 0 Å². The molecule has 0 bridgehead atoms. The number of Topliss-reactive ketones (excluding diaryl/α,β-unsaturated/α-hetero) is 1. The number of carbonyl (C=O) groups is 3. The lowest BCUT2D eigenvalue weighted by Crippen LogP contribution is -2.62. The molecule has 146 valence electrons. The fraction of sp³-hybridized carbons (Fsp3) is 0.619. The second-order valence-electron chi connectivity index (χ2n) is 7.93. The van der Waals surface area contributed by atoms with Crippen molar-refractivity contribution >= 4 is 29.4 Å². The highest BCUT2D eigenvalue weighted by Gasteiger charge is 2.56. The predicted octanol–water partition coefficient (Wildman–Crippen LogP) is 2.91. The summed E-state index contributed by atoms with van der Waals surface area (Å²) in [5, 5.41) is -0.417. The molecule has 1 saturated carbocycles. The van der Waals surface area contributed by atoms with Crippen LogP contribution in [0.25, 0.3) is 0 Å². The first-order valence-corrected chi connectivity index (χ1v) is 10.5. The van der Waals surface area contributed by atoms with Crippen molar-refractivity contribution in [2.75, 3.05) is 13.1 Å². The van der Waals surface area contributed by atoms with E-state index in [1.165, 1.54) is 0 Å². The highest BCUT2D eigenvalue weighted by atomic mass is 32.1. The van der Waals surface area contributed by atoms with Gasteiger partial charge < -0.3 is 17.4 Å². The molecule has 1 aliphatic heterocycles. The van der Waals surface area contributed by atoms with Gasteiger partial charge in [-0.3, -0.25) is 9.78 Å². The normalized spacial score (nSPS) is 28.8. The summed E-state index contributed by atoms with van der Waals surface area (Å²) in [6.07, 6.45) is 9.53. The third-order valence-electron chi connectivity index (χ3n) is 6.32. The molecule has 0 N–H and O–H groups in total. The van der Waals surface area contributed by atoms with Crippen molar-refractivity contribution in [1.29, 1.82) is 0 Å². The highest BCUT2D eigenvalue weighted by Crippen LogP contribution is 2.41. The van der Waals surface area contributed by atoms with E-state index in [-0.39, 0.29) is 22.1 Å². The lowest BCUT2D eigenvalue weighted by molar-refractivity contribution is -0.854. The summed E-state index contributed by atoms with van der Waals surface area (Å²) in [6, 6.07) is 3.11. The van der Waals surface area contributed by atoms with Crippen molar-refractivity contribution in [2.24, 2.45) is 5.92 Å². The molecule has 1 aromatic heterocycles. The number of ketones is 1. The molecule has 6 heteroatoms. The van der Waals surface area contributed by atoms with E-state index in [0.29, 0.717) is 19.5 Å². The van der Waals surface area contributed by atoms with Crippen LogP contribution in [0.15, 0.2) is 24.5 Å². The summed E-state index contributed by atoms with van der Waals surface area (Å²) in [5.74, 6) is -1.01. The Morgan fingerprint density at radius 2 is 1.93 bits per heavy atom. The van der Waals surface area contributed by atoms with E-state index in [1.807, 2.05) is 19.1 Å². The number of aromatic nitrogens is 1. The van der Waals surface area contributed by atoms with Gasteiger partial charge in [-0.2, -0.15) is 0 Å². The summed E-state index contributed by atoms with van der Waals surface area (Å²) >= 11 is 5.10. The van der Waals surface area contributed by atoms with Crippen LogP contribution in [-0.4, -0.2) is 45.4 Å². The van der Waals surface area contributed by atoms with Gasteiger partial charge in [0, 0.05) is 30.7 Å². The lowest BCUT2D eigenvalue weighted by atomic mass is 9.85.